The molecule has 0 spiro atoms. The molecule has 0 radical (unpaired) electrons. The molecule has 0 amide bonds. The molecule has 0 bridgehead atoms. The van der Waals surface area contributed by atoms with Crippen LogP contribution in [-0.2, 0) is 5.41 Å². The third kappa shape index (κ3) is 5.77. The van der Waals surface area contributed by atoms with Crippen LogP contribution in [0.2, 0.25) is 0 Å². The van der Waals surface area contributed by atoms with E-state index in [-0.39, 0.29) is 5.41 Å². The Balaban J connectivity index is 1.05. The summed E-state index contributed by atoms with van der Waals surface area (Å²) in [6.45, 7) is 4.78. The first-order valence-corrected chi connectivity index (χ1v) is 24.0. The maximum Gasteiger partial charge on any atom is 0.164 e. The molecule has 5 nitrogen and oxygen atoms in total. The molecular formula is C62H41N5S. The molecule has 0 saturated heterocycles. The van der Waals surface area contributed by atoms with Gasteiger partial charge in [0.15, 0.2) is 17.5 Å². The lowest BCUT2D eigenvalue weighted by molar-refractivity contribution is 0.666. The lowest BCUT2D eigenvalue weighted by Gasteiger charge is -2.21. The summed E-state index contributed by atoms with van der Waals surface area (Å²) in [5, 5.41) is 6.29. The predicted octanol–water partition coefficient (Wildman–Crippen LogP) is 16.3. The van der Waals surface area contributed by atoms with Crippen LogP contribution in [0.5, 0.6) is 0 Å². The lowest BCUT2D eigenvalue weighted by atomic mass is 9.81. The largest absolute Gasteiger partial charge is 0.309 e. The quantitative estimate of drug-likeness (QED) is 0.167. The van der Waals surface area contributed by atoms with E-state index in [1.807, 2.05) is 47.7 Å². The zero-order chi connectivity index (χ0) is 45.1. The molecule has 6 heteroatoms. The molecule has 13 aromatic rings. The molecule has 320 valence electrons. The van der Waals surface area contributed by atoms with E-state index in [2.05, 4.69) is 199 Å². The highest BCUT2D eigenvalue weighted by Crippen LogP contribution is 2.55. The van der Waals surface area contributed by atoms with E-state index in [0.717, 1.165) is 39.1 Å². The van der Waals surface area contributed by atoms with E-state index >= 15 is 0 Å². The SMILES string of the molecule is CC1(C)c2ccccc2-c2c1c1cc3c4cc(-c5cccc6c5sc5ccccc56)ccc4n(-c4cccc(-c5nc(-c6ccccc6)nc(-c6ccccc6)n5)c4)c3cc1n2-c1ccccc1. The lowest BCUT2D eigenvalue weighted by Crippen LogP contribution is -2.14. The summed E-state index contributed by atoms with van der Waals surface area (Å²) in [6.07, 6.45) is 0. The van der Waals surface area contributed by atoms with Gasteiger partial charge in [-0.05, 0) is 76.9 Å². The van der Waals surface area contributed by atoms with Crippen LogP contribution in [0.3, 0.4) is 0 Å². The number of aromatic nitrogens is 5. The van der Waals surface area contributed by atoms with Crippen LogP contribution >= 0.6 is 11.3 Å². The van der Waals surface area contributed by atoms with Crippen LogP contribution in [-0.4, -0.2) is 24.1 Å². The first-order chi connectivity index (χ1) is 33.5. The monoisotopic (exact) mass is 887 g/mol. The van der Waals surface area contributed by atoms with Gasteiger partial charge in [0, 0.05) is 75.4 Å². The van der Waals surface area contributed by atoms with E-state index in [4.69, 9.17) is 15.0 Å². The Labute approximate surface area is 396 Å². The second kappa shape index (κ2) is 14.8. The number of rotatable bonds is 6. The molecule has 0 fully saturated rings. The zero-order valence-corrected chi connectivity index (χ0v) is 38.2. The summed E-state index contributed by atoms with van der Waals surface area (Å²) in [4.78, 5) is 15.3. The normalized spacial score (nSPS) is 13.0. The molecule has 68 heavy (non-hydrogen) atoms. The molecule has 0 saturated carbocycles. The molecule has 9 aromatic carbocycles. The topological polar surface area (TPSA) is 48.5 Å². The molecule has 14 rings (SSSR count). The number of thiophene rings is 1. The van der Waals surface area contributed by atoms with E-state index in [9.17, 15) is 0 Å². The highest BCUT2D eigenvalue weighted by atomic mass is 32.1. The average Bonchev–Trinajstić information content (AvgIpc) is 4.11. The van der Waals surface area contributed by atoms with E-state index in [0.29, 0.717) is 17.5 Å². The van der Waals surface area contributed by atoms with Gasteiger partial charge in [0.1, 0.15) is 0 Å². The summed E-state index contributed by atoms with van der Waals surface area (Å²) in [7, 11) is 0. The van der Waals surface area contributed by atoms with Crippen LogP contribution in [0.1, 0.15) is 25.0 Å². The molecular weight excluding hydrogens is 847 g/mol. The van der Waals surface area contributed by atoms with Gasteiger partial charge in [-0.3, -0.25) is 0 Å². The number of benzene rings is 9. The van der Waals surface area contributed by atoms with Crippen LogP contribution in [0, 0.1) is 0 Å². The summed E-state index contributed by atoms with van der Waals surface area (Å²) < 4.78 is 7.57. The molecule has 4 heterocycles. The van der Waals surface area contributed by atoms with Crippen molar-refractivity contribution in [2.45, 2.75) is 19.3 Å². The standard InChI is InChI=1S/C62H41N5S/c1-62(2)51-30-14-12-27-47(51)57-56(62)50-36-49-48-35-40(44-28-17-29-46-45-26-13-15-31-55(45)68-58(44)46)32-33-52(48)66(53(49)37-54(50)67(57)42-23-10-5-11-24-42)43-25-16-22-41(34-43)61-64-59(38-18-6-3-7-19-38)63-60(65-61)39-20-8-4-9-21-39/h3-37H,1-2H3. The van der Waals surface area contributed by atoms with Crippen molar-refractivity contribution in [2.75, 3.05) is 0 Å². The summed E-state index contributed by atoms with van der Waals surface area (Å²) in [5.74, 6) is 1.90. The Kier molecular flexibility index (Phi) is 8.43. The van der Waals surface area contributed by atoms with Crippen LogP contribution in [0.15, 0.2) is 212 Å². The molecule has 0 atom stereocenters. The number of hydrogen-bond donors (Lipinski definition) is 0. The highest BCUT2D eigenvalue weighted by molar-refractivity contribution is 7.26. The van der Waals surface area contributed by atoms with E-state index in [1.54, 1.807) is 0 Å². The minimum Gasteiger partial charge on any atom is -0.309 e. The molecule has 0 N–H and O–H groups in total. The van der Waals surface area contributed by atoms with Gasteiger partial charge in [-0.15, -0.1) is 11.3 Å². The Bertz CT molecular complexity index is 4100. The van der Waals surface area contributed by atoms with Gasteiger partial charge in [0.05, 0.1) is 22.2 Å². The van der Waals surface area contributed by atoms with Gasteiger partial charge in [-0.2, -0.15) is 0 Å². The fourth-order valence-corrected chi connectivity index (χ4v) is 12.3. The summed E-state index contributed by atoms with van der Waals surface area (Å²) >= 11 is 1.88. The second-order valence-electron chi connectivity index (χ2n) is 18.4. The third-order valence-corrected chi connectivity index (χ3v) is 15.3. The van der Waals surface area contributed by atoms with Crippen molar-refractivity contribution < 1.29 is 0 Å². The van der Waals surface area contributed by atoms with Crippen LogP contribution in [0.25, 0.3) is 121 Å². The second-order valence-corrected chi connectivity index (χ2v) is 19.4. The average molecular weight is 888 g/mol. The molecule has 4 aromatic heterocycles. The molecule has 1 aliphatic carbocycles. The maximum atomic E-state index is 5.14. The number of fused-ring (bicyclic) bond motifs is 11. The first-order valence-electron chi connectivity index (χ1n) is 23.2. The minimum atomic E-state index is -0.214. The van der Waals surface area contributed by atoms with Crippen LogP contribution < -0.4 is 0 Å². The number of nitrogens with zero attached hydrogens (tertiary/aromatic N) is 5. The Morgan fingerprint density at radius 2 is 0.956 bits per heavy atom. The number of para-hydroxylation sites is 1. The van der Waals surface area contributed by atoms with Gasteiger partial charge < -0.3 is 9.13 Å². The summed E-state index contributed by atoms with van der Waals surface area (Å²) in [6, 6.07) is 76.4. The third-order valence-electron chi connectivity index (χ3n) is 14.1. The van der Waals surface area contributed by atoms with Gasteiger partial charge >= 0.3 is 0 Å². The first kappa shape index (κ1) is 38.8. The van der Waals surface area contributed by atoms with Crippen LogP contribution in [0.4, 0.5) is 0 Å². The Hall–Kier alpha value is -8.45. The van der Waals surface area contributed by atoms with Gasteiger partial charge in [-0.25, -0.2) is 15.0 Å². The smallest absolute Gasteiger partial charge is 0.164 e. The molecule has 0 aliphatic heterocycles. The van der Waals surface area contributed by atoms with Crippen molar-refractivity contribution >= 4 is 64.2 Å². The van der Waals surface area contributed by atoms with Crippen molar-refractivity contribution in [3.63, 3.8) is 0 Å². The maximum absolute atomic E-state index is 5.14. The van der Waals surface area contributed by atoms with Crippen molar-refractivity contribution in [1.82, 2.24) is 24.1 Å². The Morgan fingerprint density at radius 3 is 1.72 bits per heavy atom. The molecule has 0 unspecified atom stereocenters. The zero-order valence-electron chi connectivity index (χ0n) is 37.4. The minimum absolute atomic E-state index is 0.214. The van der Waals surface area contributed by atoms with Crippen molar-refractivity contribution in [1.29, 1.82) is 0 Å². The van der Waals surface area contributed by atoms with Gasteiger partial charge in [0.2, 0.25) is 0 Å². The highest BCUT2D eigenvalue weighted by Gasteiger charge is 2.40. The Morgan fingerprint density at radius 1 is 0.382 bits per heavy atom. The van der Waals surface area contributed by atoms with Crippen molar-refractivity contribution in [3.05, 3.63) is 223 Å². The molecule has 1 aliphatic rings. The fraction of sp³-hybridized carbons (Fsp3) is 0.0484. The van der Waals surface area contributed by atoms with Gasteiger partial charge in [-0.1, -0.05) is 172 Å². The van der Waals surface area contributed by atoms with Crippen molar-refractivity contribution in [3.8, 4) is 67.9 Å². The van der Waals surface area contributed by atoms with E-state index < -0.39 is 0 Å². The fourth-order valence-electron chi connectivity index (χ4n) is 11.0. The van der Waals surface area contributed by atoms with E-state index in [1.165, 1.54) is 75.4 Å². The van der Waals surface area contributed by atoms with Gasteiger partial charge in [0.25, 0.3) is 0 Å². The predicted molar refractivity (Wildman–Crippen MR) is 283 cm³/mol. The van der Waals surface area contributed by atoms with Crippen molar-refractivity contribution in [2.24, 2.45) is 0 Å². The number of hydrogen-bond acceptors (Lipinski definition) is 4. The summed E-state index contributed by atoms with van der Waals surface area (Å²) in [5.41, 5.74) is 15.9.